The lowest BCUT2D eigenvalue weighted by Gasteiger charge is -2.12. The lowest BCUT2D eigenvalue weighted by atomic mass is 10.1. The highest BCUT2D eigenvalue weighted by Crippen LogP contribution is 2.15. The maximum absolute atomic E-state index is 12.0. The van der Waals surface area contributed by atoms with Crippen molar-refractivity contribution in [2.75, 3.05) is 11.9 Å². The van der Waals surface area contributed by atoms with E-state index < -0.39 is 0 Å². The second-order valence-electron chi connectivity index (χ2n) is 4.95. The number of nitrogens with one attached hydrogen (secondary N) is 2. The Bertz CT molecular complexity index is 442. The minimum atomic E-state index is -0.152. The summed E-state index contributed by atoms with van der Waals surface area (Å²) in [4.78, 5) is 23.7. The molecule has 0 fully saturated rings. The molecule has 1 rings (SSSR count). The van der Waals surface area contributed by atoms with E-state index in [2.05, 4.69) is 10.6 Å². The molecule has 2 N–H and O–H groups in total. The number of amides is 2. The summed E-state index contributed by atoms with van der Waals surface area (Å²) in [5.41, 5.74) is 1.08. The van der Waals surface area contributed by atoms with Crippen LogP contribution in [0.3, 0.4) is 0 Å². The molecule has 0 heterocycles. The van der Waals surface area contributed by atoms with Crippen LogP contribution in [-0.2, 0) is 4.79 Å². The van der Waals surface area contributed by atoms with E-state index in [9.17, 15) is 9.59 Å². The first-order valence-electron chi connectivity index (χ1n) is 6.71. The monoisotopic (exact) mass is 262 g/mol. The summed E-state index contributed by atoms with van der Waals surface area (Å²) in [6.07, 6.45) is 1.25. The van der Waals surface area contributed by atoms with Gasteiger partial charge in [0, 0.05) is 13.0 Å². The third kappa shape index (κ3) is 5.12. The summed E-state index contributed by atoms with van der Waals surface area (Å²) >= 11 is 0. The van der Waals surface area contributed by atoms with Crippen LogP contribution < -0.4 is 10.6 Å². The van der Waals surface area contributed by atoms with Crippen molar-refractivity contribution in [1.29, 1.82) is 0 Å². The number of carbonyl (C=O) groups is 2. The molecule has 0 atom stereocenters. The fourth-order valence-corrected chi connectivity index (χ4v) is 1.62. The summed E-state index contributed by atoms with van der Waals surface area (Å²) in [5, 5.41) is 5.63. The minimum absolute atomic E-state index is 0.0633. The molecule has 0 radical (unpaired) electrons. The van der Waals surface area contributed by atoms with Gasteiger partial charge in [-0.2, -0.15) is 0 Å². The van der Waals surface area contributed by atoms with Gasteiger partial charge in [0.05, 0.1) is 11.3 Å². The molecule has 0 saturated heterocycles. The predicted octanol–water partition coefficient (Wildman–Crippen LogP) is 2.81. The van der Waals surface area contributed by atoms with Crippen LogP contribution in [0.25, 0.3) is 0 Å². The lowest BCUT2D eigenvalue weighted by Crippen LogP contribution is -2.28. The topological polar surface area (TPSA) is 58.2 Å². The van der Waals surface area contributed by atoms with Crippen molar-refractivity contribution in [3.05, 3.63) is 29.8 Å². The fourth-order valence-electron chi connectivity index (χ4n) is 1.62. The normalized spacial score (nSPS) is 10.3. The van der Waals surface area contributed by atoms with Crippen LogP contribution in [0.4, 0.5) is 5.69 Å². The lowest BCUT2D eigenvalue weighted by molar-refractivity contribution is -0.116. The van der Waals surface area contributed by atoms with Gasteiger partial charge in [-0.05, 0) is 24.5 Å². The zero-order valence-corrected chi connectivity index (χ0v) is 11.8. The average molecular weight is 262 g/mol. The molecule has 4 nitrogen and oxygen atoms in total. The van der Waals surface area contributed by atoms with E-state index in [0.29, 0.717) is 30.1 Å². The van der Waals surface area contributed by atoms with Crippen molar-refractivity contribution >= 4 is 17.5 Å². The van der Waals surface area contributed by atoms with Crippen LogP contribution in [0.5, 0.6) is 0 Å². The third-order valence-electron chi connectivity index (χ3n) is 2.59. The molecular weight excluding hydrogens is 240 g/mol. The quantitative estimate of drug-likeness (QED) is 0.828. The summed E-state index contributed by atoms with van der Waals surface area (Å²) in [5.74, 6) is 0.179. The Morgan fingerprint density at radius 2 is 1.89 bits per heavy atom. The predicted molar refractivity (Wildman–Crippen MR) is 77.2 cm³/mol. The van der Waals surface area contributed by atoms with Crippen LogP contribution in [-0.4, -0.2) is 18.4 Å². The van der Waals surface area contributed by atoms with Crippen LogP contribution >= 0.6 is 0 Å². The molecule has 0 aliphatic rings. The molecule has 104 valence electrons. The van der Waals surface area contributed by atoms with Crippen molar-refractivity contribution in [3.63, 3.8) is 0 Å². The molecule has 0 bridgehead atoms. The summed E-state index contributed by atoms with van der Waals surface area (Å²) in [7, 11) is 0. The van der Waals surface area contributed by atoms with Crippen molar-refractivity contribution in [2.24, 2.45) is 5.92 Å². The van der Waals surface area contributed by atoms with Gasteiger partial charge in [-0.25, -0.2) is 0 Å². The molecule has 0 aromatic heterocycles. The first-order chi connectivity index (χ1) is 9.04. The van der Waals surface area contributed by atoms with Crippen molar-refractivity contribution in [2.45, 2.75) is 33.6 Å². The molecule has 2 amide bonds. The molecule has 0 aliphatic carbocycles. The zero-order chi connectivity index (χ0) is 14.3. The number of rotatable bonds is 6. The Morgan fingerprint density at radius 1 is 1.21 bits per heavy atom. The van der Waals surface area contributed by atoms with Gasteiger partial charge in [0.25, 0.3) is 5.91 Å². The van der Waals surface area contributed by atoms with E-state index in [1.165, 1.54) is 0 Å². The highest BCUT2D eigenvalue weighted by atomic mass is 16.2. The van der Waals surface area contributed by atoms with E-state index in [-0.39, 0.29) is 11.8 Å². The van der Waals surface area contributed by atoms with E-state index >= 15 is 0 Å². The number of hydrogen-bond acceptors (Lipinski definition) is 2. The summed E-state index contributed by atoms with van der Waals surface area (Å²) < 4.78 is 0. The largest absolute Gasteiger partial charge is 0.352 e. The third-order valence-corrected chi connectivity index (χ3v) is 2.59. The van der Waals surface area contributed by atoms with Gasteiger partial charge in [0.1, 0.15) is 0 Å². The van der Waals surface area contributed by atoms with E-state index in [1.54, 1.807) is 24.3 Å². The van der Waals surface area contributed by atoms with Crippen LogP contribution in [0.2, 0.25) is 0 Å². The standard InChI is InChI=1S/C15H22N2O2/c1-4-7-14(18)17-13-9-6-5-8-12(13)15(19)16-10-11(2)3/h5-6,8-9,11H,4,7,10H2,1-3H3,(H,16,19)(H,17,18). The molecule has 1 aromatic rings. The first-order valence-corrected chi connectivity index (χ1v) is 6.71. The maximum atomic E-state index is 12.0. The van der Waals surface area contributed by atoms with Gasteiger partial charge in [-0.1, -0.05) is 32.9 Å². The van der Waals surface area contributed by atoms with Crippen molar-refractivity contribution in [3.8, 4) is 0 Å². The number of para-hydroxylation sites is 1. The van der Waals surface area contributed by atoms with Gasteiger partial charge in [-0.15, -0.1) is 0 Å². The van der Waals surface area contributed by atoms with Crippen LogP contribution in [0, 0.1) is 5.92 Å². The Balaban J connectivity index is 2.77. The molecule has 0 aliphatic heterocycles. The van der Waals surface area contributed by atoms with Crippen LogP contribution in [0.15, 0.2) is 24.3 Å². The molecule has 1 aromatic carbocycles. The number of hydrogen-bond donors (Lipinski definition) is 2. The minimum Gasteiger partial charge on any atom is -0.352 e. The Morgan fingerprint density at radius 3 is 2.53 bits per heavy atom. The second kappa shape index (κ2) is 7.56. The van der Waals surface area contributed by atoms with Gasteiger partial charge in [0.15, 0.2) is 0 Å². The summed E-state index contributed by atoms with van der Waals surface area (Å²) in [6, 6.07) is 7.07. The molecule has 0 spiro atoms. The van der Waals surface area contributed by atoms with Gasteiger partial charge >= 0.3 is 0 Å². The SMILES string of the molecule is CCCC(=O)Nc1ccccc1C(=O)NCC(C)C. The van der Waals surface area contributed by atoms with Crippen LogP contribution in [0.1, 0.15) is 44.0 Å². The van der Waals surface area contributed by atoms with E-state index in [4.69, 9.17) is 0 Å². The van der Waals surface area contributed by atoms with E-state index in [1.807, 2.05) is 20.8 Å². The maximum Gasteiger partial charge on any atom is 0.253 e. The highest BCUT2D eigenvalue weighted by molar-refractivity contribution is 6.03. The highest BCUT2D eigenvalue weighted by Gasteiger charge is 2.12. The Kier molecular flexibility index (Phi) is 6.06. The van der Waals surface area contributed by atoms with Crippen molar-refractivity contribution in [1.82, 2.24) is 5.32 Å². The molecule has 0 unspecified atom stereocenters. The Labute approximate surface area is 114 Å². The van der Waals surface area contributed by atoms with E-state index in [0.717, 1.165) is 6.42 Å². The smallest absolute Gasteiger partial charge is 0.253 e. The Hall–Kier alpha value is -1.84. The average Bonchev–Trinajstić information content (AvgIpc) is 2.36. The second-order valence-corrected chi connectivity index (χ2v) is 4.95. The zero-order valence-electron chi connectivity index (χ0n) is 11.8. The number of carbonyl (C=O) groups excluding carboxylic acids is 2. The fraction of sp³-hybridized carbons (Fsp3) is 0.467. The molecule has 19 heavy (non-hydrogen) atoms. The van der Waals surface area contributed by atoms with Crippen molar-refractivity contribution < 1.29 is 9.59 Å². The van der Waals surface area contributed by atoms with Gasteiger partial charge in [0.2, 0.25) is 5.91 Å². The summed E-state index contributed by atoms with van der Waals surface area (Å²) in [6.45, 7) is 6.64. The molecular formula is C15H22N2O2. The molecule has 0 saturated carbocycles. The van der Waals surface area contributed by atoms with Gasteiger partial charge < -0.3 is 10.6 Å². The number of anilines is 1. The van der Waals surface area contributed by atoms with Gasteiger partial charge in [-0.3, -0.25) is 9.59 Å². The first kappa shape index (κ1) is 15.2. The number of benzene rings is 1. The molecule has 4 heteroatoms.